The lowest BCUT2D eigenvalue weighted by Crippen LogP contribution is -1.93. The van der Waals surface area contributed by atoms with Crippen LogP contribution in [0.25, 0.3) is 0 Å². The second-order valence-corrected chi connectivity index (χ2v) is 3.98. The van der Waals surface area contributed by atoms with Crippen molar-refractivity contribution in [1.29, 1.82) is 0 Å². The smallest absolute Gasteiger partial charge is 0.330 e. The van der Waals surface area contributed by atoms with Crippen molar-refractivity contribution in [3.63, 3.8) is 0 Å². The Kier molecular flexibility index (Phi) is 10.3. The van der Waals surface area contributed by atoms with Crippen molar-refractivity contribution in [3.8, 4) is 0 Å². The van der Waals surface area contributed by atoms with E-state index < -0.39 is 5.97 Å². The molecule has 0 heterocycles. The maximum absolute atomic E-state index is 10.7. The second-order valence-electron chi connectivity index (χ2n) is 3.98. The summed E-state index contributed by atoms with van der Waals surface area (Å²) < 4.78 is 4.47. The first-order valence-corrected chi connectivity index (χ1v) is 6.13. The molecule has 0 saturated heterocycles. The molecule has 0 aromatic rings. The number of carbonyl (C=O) groups excluding carboxylic acids is 1. The number of aliphatic carboxylic acids is 1. The van der Waals surface area contributed by atoms with Gasteiger partial charge in [0.1, 0.15) is 0 Å². The number of carboxylic acids is 1. The quantitative estimate of drug-likeness (QED) is 0.363. The third-order valence-corrected chi connectivity index (χ3v) is 2.47. The molecule has 98 valence electrons. The Morgan fingerprint density at radius 1 is 1.06 bits per heavy atom. The average molecular weight is 242 g/mol. The van der Waals surface area contributed by atoms with Crippen molar-refractivity contribution < 1.29 is 19.4 Å². The number of esters is 1. The molecule has 0 bridgehead atoms. The van der Waals surface area contributed by atoms with Gasteiger partial charge in [-0.3, -0.25) is 4.79 Å². The third-order valence-electron chi connectivity index (χ3n) is 2.47. The predicted molar refractivity (Wildman–Crippen MR) is 65.7 cm³/mol. The molecular formula is C13H22O4. The highest BCUT2D eigenvalue weighted by Gasteiger charge is 1.96. The number of hydrogen-bond donors (Lipinski definition) is 1. The SMILES string of the molecule is COC(=O)C=CCCCCCCCCC(=O)O. The van der Waals surface area contributed by atoms with Crippen molar-refractivity contribution in [2.75, 3.05) is 7.11 Å². The van der Waals surface area contributed by atoms with Gasteiger partial charge in [0.05, 0.1) is 7.11 Å². The van der Waals surface area contributed by atoms with Gasteiger partial charge < -0.3 is 9.84 Å². The molecule has 0 radical (unpaired) electrons. The zero-order valence-corrected chi connectivity index (χ0v) is 10.5. The highest BCUT2D eigenvalue weighted by atomic mass is 16.5. The van der Waals surface area contributed by atoms with Crippen molar-refractivity contribution >= 4 is 11.9 Å². The van der Waals surface area contributed by atoms with Gasteiger partial charge in [-0.1, -0.05) is 31.8 Å². The van der Waals surface area contributed by atoms with Crippen LogP contribution in [0.2, 0.25) is 0 Å². The fourth-order valence-corrected chi connectivity index (χ4v) is 1.49. The zero-order chi connectivity index (χ0) is 12.9. The maximum atomic E-state index is 10.7. The van der Waals surface area contributed by atoms with E-state index in [-0.39, 0.29) is 12.4 Å². The molecule has 0 saturated carbocycles. The lowest BCUT2D eigenvalue weighted by molar-refractivity contribution is -0.137. The molecule has 0 aliphatic carbocycles. The summed E-state index contributed by atoms with van der Waals surface area (Å²) >= 11 is 0. The molecule has 0 rings (SSSR count). The van der Waals surface area contributed by atoms with Gasteiger partial charge in [0, 0.05) is 12.5 Å². The molecule has 17 heavy (non-hydrogen) atoms. The van der Waals surface area contributed by atoms with E-state index in [0.29, 0.717) is 0 Å². The number of methoxy groups -OCH3 is 1. The first-order valence-electron chi connectivity index (χ1n) is 6.13. The zero-order valence-electron chi connectivity index (χ0n) is 10.5. The topological polar surface area (TPSA) is 63.6 Å². The third kappa shape index (κ3) is 12.6. The molecular weight excluding hydrogens is 220 g/mol. The molecule has 0 spiro atoms. The maximum Gasteiger partial charge on any atom is 0.330 e. The van der Waals surface area contributed by atoms with E-state index in [0.717, 1.165) is 44.9 Å². The van der Waals surface area contributed by atoms with Crippen LogP contribution in [0.3, 0.4) is 0 Å². The Morgan fingerprint density at radius 2 is 1.65 bits per heavy atom. The first kappa shape index (κ1) is 15.7. The van der Waals surface area contributed by atoms with Gasteiger partial charge >= 0.3 is 11.9 Å². The van der Waals surface area contributed by atoms with Gasteiger partial charge in [-0.15, -0.1) is 0 Å². The molecule has 4 heteroatoms. The van der Waals surface area contributed by atoms with E-state index in [1.54, 1.807) is 0 Å². The minimum Gasteiger partial charge on any atom is -0.481 e. The van der Waals surface area contributed by atoms with Crippen molar-refractivity contribution in [2.45, 2.75) is 51.4 Å². The van der Waals surface area contributed by atoms with Crippen molar-refractivity contribution in [1.82, 2.24) is 0 Å². The Balaban J connectivity index is 3.16. The number of carbonyl (C=O) groups is 2. The van der Waals surface area contributed by atoms with Gasteiger partial charge in [-0.25, -0.2) is 4.79 Å². The summed E-state index contributed by atoms with van der Waals surface area (Å²) in [7, 11) is 1.36. The Morgan fingerprint density at radius 3 is 2.24 bits per heavy atom. The predicted octanol–water partition coefficient (Wildman–Crippen LogP) is 2.92. The number of hydrogen-bond acceptors (Lipinski definition) is 3. The molecule has 0 aliphatic rings. The molecule has 4 nitrogen and oxygen atoms in total. The summed E-state index contributed by atoms with van der Waals surface area (Å²) in [5.74, 6) is -1.02. The van der Waals surface area contributed by atoms with E-state index in [1.165, 1.54) is 13.2 Å². The average Bonchev–Trinajstić information content (AvgIpc) is 2.30. The van der Waals surface area contributed by atoms with Gasteiger partial charge in [-0.2, -0.15) is 0 Å². The summed E-state index contributed by atoms with van der Waals surface area (Å²) in [4.78, 5) is 21.0. The largest absolute Gasteiger partial charge is 0.481 e. The molecule has 0 fully saturated rings. The molecule has 0 aromatic heterocycles. The molecule has 0 unspecified atom stereocenters. The first-order chi connectivity index (χ1) is 8.16. The van der Waals surface area contributed by atoms with Crippen LogP contribution < -0.4 is 0 Å². The molecule has 1 N–H and O–H groups in total. The van der Waals surface area contributed by atoms with Crippen molar-refractivity contribution in [3.05, 3.63) is 12.2 Å². The van der Waals surface area contributed by atoms with Crippen LogP contribution in [0.5, 0.6) is 0 Å². The van der Waals surface area contributed by atoms with Crippen LogP contribution in [0, 0.1) is 0 Å². The fraction of sp³-hybridized carbons (Fsp3) is 0.692. The Hall–Kier alpha value is -1.32. The number of ether oxygens (including phenoxy) is 1. The normalized spacial score (nSPS) is 10.6. The van der Waals surface area contributed by atoms with Crippen LogP contribution in [0.4, 0.5) is 0 Å². The minimum absolute atomic E-state index is 0.280. The molecule has 0 aliphatic heterocycles. The highest BCUT2D eigenvalue weighted by Crippen LogP contribution is 2.08. The van der Waals surface area contributed by atoms with Gasteiger partial charge in [0.25, 0.3) is 0 Å². The summed E-state index contributed by atoms with van der Waals surface area (Å²) in [5, 5.41) is 8.43. The van der Waals surface area contributed by atoms with E-state index >= 15 is 0 Å². The van der Waals surface area contributed by atoms with E-state index in [1.807, 2.05) is 6.08 Å². The number of unbranched alkanes of at least 4 members (excludes halogenated alkanes) is 6. The van der Waals surface area contributed by atoms with Gasteiger partial charge in [0.2, 0.25) is 0 Å². The Labute approximate surface area is 103 Å². The highest BCUT2D eigenvalue weighted by molar-refractivity contribution is 5.81. The van der Waals surface area contributed by atoms with Crippen LogP contribution in [0.15, 0.2) is 12.2 Å². The summed E-state index contributed by atoms with van der Waals surface area (Å²) in [6.07, 6.45) is 10.6. The van der Waals surface area contributed by atoms with Crippen LogP contribution in [0.1, 0.15) is 51.4 Å². The van der Waals surface area contributed by atoms with E-state index in [2.05, 4.69) is 4.74 Å². The fourth-order valence-electron chi connectivity index (χ4n) is 1.49. The lowest BCUT2D eigenvalue weighted by atomic mass is 10.1. The Bertz CT molecular complexity index is 246. The van der Waals surface area contributed by atoms with Crippen LogP contribution in [-0.4, -0.2) is 24.2 Å². The summed E-state index contributed by atoms with van der Waals surface area (Å²) in [5.41, 5.74) is 0. The minimum atomic E-state index is -0.710. The monoisotopic (exact) mass is 242 g/mol. The molecule has 0 atom stereocenters. The summed E-state index contributed by atoms with van der Waals surface area (Å²) in [6, 6.07) is 0. The van der Waals surface area contributed by atoms with E-state index in [9.17, 15) is 9.59 Å². The van der Waals surface area contributed by atoms with Gasteiger partial charge in [-0.05, 0) is 19.3 Å². The van der Waals surface area contributed by atoms with Crippen LogP contribution >= 0.6 is 0 Å². The number of carboxylic acid groups (broad SMARTS) is 1. The lowest BCUT2D eigenvalue weighted by Gasteiger charge is -1.99. The molecule has 0 amide bonds. The number of rotatable bonds is 10. The van der Waals surface area contributed by atoms with E-state index in [4.69, 9.17) is 5.11 Å². The second kappa shape index (κ2) is 11.2. The van der Waals surface area contributed by atoms with Crippen molar-refractivity contribution in [2.24, 2.45) is 0 Å². The summed E-state index contributed by atoms with van der Waals surface area (Å²) in [6.45, 7) is 0. The van der Waals surface area contributed by atoms with Crippen LogP contribution in [-0.2, 0) is 14.3 Å². The standard InChI is InChI=1S/C13H22O4/c1-17-13(16)11-9-7-5-3-2-4-6-8-10-12(14)15/h9,11H,2-8,10H2,1H3,(H,14,15). The number of allylic oxidation sites excluding steroid dienone is 1. The van der Waals surface area contributed by atoms with Gasteiger partial charge in [0.15, 0.2) is 0 Å². The molecule has 0 aromatic carbocycles.